The van der Waals surface area contributed by atoms with Gasteiger partial charge in [-0.3, -0.25) is 4.79 Å². The molecule has 0 atom stereocenters. The van der Waals surface area contributed by atoms with Gasteiger partial charge in [-0.2, -0.15) is 10.4 Å². The van der Waals surface area contributed by atoms with Crippen molar-refractivity contribution < 1.29 is 18.7 Å². The number of ether oxygens (including phenoxy) is 2. The predicted octanol–water partition coefficient (Wildman–Crippen LogP) is 3.76. The van der Waals surface area contributed by atoms with E-state index in [-0.39, 0.29) is 12.4 Å². The van der Waals surface area contributed by atoms with Crippen LogP contribution in [0.25, 0.3) is 11.0 Å². The molecule has 7 nitrogen and oxygen atoms in total. The summed E-state index contributed by atoms with van der Waals surface area (Å²) in [6.07, 6.45) is 1.45. The van der Waals surface area contributed by atoms with Crippen LogP contribution in [0.5, 0.6) is 11.5 Å². The van der Waals surface area contributed by atoms with Crippen LogP contribution in [0.4, 0.5) is 0 Å². The highest BCUT2D eigenvalue weighted by Crippen LogP contribution is 2.27. The van der Waals surface area contributed by atoms with Crippen molar-refractivity contribution >= 4 is 34.7 Å². The third-order valence-electron chi connectivity index (χ3n) is 3.56. The van der Waals surface area contributed by atoms with E-state index in [1.165, 1.54) is 13.3 Å². The summed E-state index contributed by atoms with van der Waals surface area (Å²) in [6, 6.07) is 13.6. The number of benzene rings is 2. The molecule has 8 heteroatoms. The highest BCUT2D eigenvalue weighted by Gasteiger charge is 2.12. The molecule has 0 spiro atoms. The van der Waals surface area contributed by atoms with Crippen LogP contribution in [-0.2, 0) is 0 Å². The van der Waals surface area contributed by atoms with Crippen LogP contribution in [0.2, 0.25) is 5.02 Å². The molecule has 1 aromatic heterocycles. The molecule has 1 N–H and O–H groups in total. The number of nitriles is 1. The molecule has 0 fully saturated rings. The molecule has 0 bridgehead atoms. The van der Waals surface area contributed by atoms with Gasteiger partial charge in [-0.1, -0.05) is 11.6 Å². The van der Waals surface area contributed by atoms with E-state index >= 15 is 0 Å². The minimum atomic E-state index is -0.487. The number of hydrogen-bond donors (Lipinski definition) is 1. The van der Waals surface area contributed by atoms with E-state index < -0.39 is 5.91 Å². The van der Waals surface area contributed by atoms with Gasteiger partial charge in [0, 0.05) is 10.4 Å². The topological polar surface area (TPSA) is 96.8 Å². The first-order chi connectivity index (χ1) is 13.1. The lowest BCUT2D eigenvalue weighted by atomic mass is 10.2. The quantitative estimate of drug-likeness (QED) is 0.516. The predicted molar refractivity (Wildman–Crippen MR) is 100 cm³/mol. The number of fused-ring (bicyclic) bond motifs is 1. The first-order valence-corrected chi connectivity index (χ1v) is 8.19. The molecule has 3 aromatic rings. The van der Waals surface area contributed by atoms with Crippen molar-refractivity contribution in [1.29, 1.82) is 5.26 Å². The van der Waals surface area contributed by atoms with Gasteiger partial charge in [0.15, 0.2) is 23.9 Å². The van der Waals surface area contributed by atoms with E-state index in [1.807, 2.05) is 6.07 Å². The lowest BCUT2D eigenvalue weighted by molar-refractivity contribution is 0.0929. The van der Waals surface area contributed by atoms with Gasteiger partial charge < -0.3 is 13.9 Å². The summed E-state index contributed by atoms with van der Waals surface area (Å²) in [7, 11) is 1.49. The van der Waals surface area contributed by atoms with Gasteiger partial charge in [-0.15, -0.1) is 0 Å². The number of halogens is 1. The van der Waals surface area contributed by atoms with E-state index in [4.69, 9.17) is 30.8 Å². The van der Waals surface area contributed by atoms with Crippen LogP contribution < -0.4 is 14.9 Å². The number of amides is 1. The summed E-state index contributed by atoms with van der Waals surface area (Å²) in [5, 5.41) is 13.8. The Morgan fingerprint density at radius 2 is 2.15 bits per heavy atom. The second kappa shape index (κ2) is 8.25. The van der Waals surface area contributed by atoms with Gasteiger partial charge in [0.25, 0.3) is 0 Å². The van der Waals surface area contributed by atoms with Crippen molar-refractivity contribution in [2.45, 2.75) is 0 Å². The van der Waals surface area contributed by atoms with E-state index in [0.717, 1.165) is 5.39 Å². The van der Waals surface area contributed by atoms with Crippen LogP contribution >= 0.6 is 11.6 Å². The molecule has 0 saturated heterocycles. The third-order valence-corrected chi connectivity index (χ3v) is 3.80. The van der Waals surface area contributed by atoms with Gasteiger partial charge in [-0.05, 0) is 48.0 Å². The molecule has 0 saturated carbocycles. The number of nitrogens with one attached hydrogen (secondary N) is 1. The maximum Gasteiger partial charge on any atom is 0.307 e. The molecule has 1 amide bonds. The molecule has 0 aliphatic rings. The van der Waals surface area contributed by atoms with E-state index in [2.05, 4.69) is 10.5 Å². The van der Waals surface area contributed by atoms with Crippen molar-refractivity contribution in [3.8, 4) is 17.6 Å². The van der Waals surface area contributed by atoms with E-state index in [9.17, 15) is 4.79 Å². The summed E-state index contributed by atoms with van der Waals surface area (Å²) < 4.78 is 15.9. The smallest absolute Gasteiger partial charge is 0.307 e. The maximum atomic E-state index is 12.2. The number of nitrogens with zero attached hydrogens (tertiary/aromatic N) is 2. The molecule has 3 rings (SSSR count). The highest BCUT2D eigenvalue weighted by atomic mass is 35.5. The molecule has 0 aliphatic carbocycles. The molecular weight excluding hydrogens is 370 g/mol. The number of carbonyl (C=O) groups is 1. The molecule has 0 radical (unpaired) electrons. The molecule has 27 heavy (non-hydrogen) atoms. The summed E-state index contributed by atoms with van der Waals surface area (Å²) in [5.41, 5.74) is 3.63. The zero-order valence-corrected chi connectivity index (χ0v) is 15.0. The largest absolute Gasteiger partial charge is 0.493 e. The number of hydrazone groups is 1. The van der Waals surface area contributed by atoms with Crippen LogP contribution in [0, 0.1) is 11.3 Å². The van der Waals surface area contributed by atoms with Gasteiger partial charge >= 0.3 is 5.91 Å². The Kier molecular flexibility index (Phi) is 5.59. The van der Waals surface area contributed by atoms with Gasteiger partial charge in [0.1, 0.15) is 11.7 Å². The average molecular weight is 384 g/mol. The standard InChI is InChI=1S/C19H14ClN3O4/c1-25-17-8-12(2-4-16(17)26-7-6-21)11-22-23-19(24)18-10-13-9-14(20)3-5-15(13)27-18/h2-5,8-11H,7H2,1H3,(H,23,24)/b22-11-. The van der Waals surface area contributed by atoms with Crippen LogP contribution in [0.15, 0.2) is 52.0 Å². The second-order valence-corrected chi connectivity index (χ2v) is 5.79. The van der Waals surface area contributed by atoms with E-state index in [0.29, 0.717) is 27.7 Å². The number of carbonyl (C=O) groups excluding carboxylic acids is 1. The zero-order chi connectivity index (χ0) is 19.2. The fraction of sp³-hybridized carbons (Fsp3) is 0.105. The number of rotatable bonds is 6. The lowest BCUT2D eigenvalue weighted by Crippen LogP contribution is -2.16. The monoisotopic (exact) mass is 383 g/mol. The fourth-order valence-corrected chi connectivity index (χ4v) is 2.52. The van der Waals surface area contributed by atoms with Crippen molar-refractivity contribution in [2.24, 2.45) is 5.10 Å². The third kappa shape index (κ3) is 4.37. The highest BCUT2D eigenvalue weighted by molar-refractivity contribution is 6.31. The Labute approximate surface area is 159 Å². The summed E-state index contributed by atoms with van der Waals surface area (Å²) >= 11 is 5.92. The minimum Gasteiger partial charge on any atom is -0.493 e. The normalized spacial score (nSPS) is 10.7. The Morgan fingerprint density at radius 1 is 1.30 bits per heavy atom. The molecule has 136 valence electrons. The van der Waals surface area contributed by atoms with Crippen molar-refractivity contribution in [3.63, 3.8) is 0 Å². The van der Waals surface area contributed by atoms with Gasteiger partial charge in [0.05, 0.1) is 13.3 Å². The molecule has 0 aliphatic heterocycles. The maximum absolute atomic E-state index is 12.2. The Hall–Kier alpha value is -3.50. The van der Waals surface area contributed by atoms with Crippen molar-refractivity contribution in [2.75, 3.05) is 13.7 Å². The summed E-state index contributed by atoms with van der Waals surface area (Å²) in [4.78, 5) is 12.2. The second-order valence-electron chi connectivity index (χ2n) is 5.35. The zero-order valence-electron chi connectivity index (χ0n) is 14.2. The van der Waals surface area contributed by atoms with Gasteiger partial charge in [0.2, 0.25) is 0 Å². The number of hydrogen-bond acceptors (Lipinski definition) is 6. The Bertz CT molecular complexity index is 1050. The van der Waals surface area contributed by atoms with Crippen LogP contribution in [0.3, 0.4) is 0 Å². The molecule has 2 aromatic carbocycles. The van der Waals surface area contributed by atoms with Crippen molar-refractivity contribution in [3.05, 3.63) is 58.8 Å². The SMILES string of the molecule is COc1cc(/C=N\NC(=O)c2cc3cc(Cl)ccc3o2)ccc1OCC#N. The molecule has 0 unspecified atom stereocenters. The Balaban J connectivity index is 1.68. The van der Waals surface area contributed by atoms with Gasteiger partial charge in [-0.25, -0.2) is 5.43 Å². The van der Waals surface area contributed by atoms with E-state index in [1.54, 1.807) is 42.5 Å². The fourth-order valence-electron chi connectivity index (χ4n) is 2.34. The van der Waals surface area contributed by atoms with Crippen LogP contribution in [-0.4, -0.2) is 25.8 Å². The number of methoxy groups -OCH3 is 1. The van der Waals surface area contributed by atoms with Crippen LogP contribution in [0.1, 0.15) is 16.1 Å². The summed E-state index contributed by atoms with van der Waals surface area (Å²) in [6.45, 7) is -0.0808. The first-order valence-electron chi connectivity index (χ1n) is 7.81. The number of furan rings is 1. The molecular formula is C19H14ClN3O4. The Morgan fingerprint density at radius 3 is 2.93 bits per heavy atom. The lowest BCUT2D eigenvalue weighted by Gasteiger charge is -2.08. The average Bonchev–Trinajstić information content (AvgIpc) is 3.10. The molecule has 1 heterocycles. The first kappa shape index (κ1) is 18.3. The van der Waals surface area contributed by atoms with Crippen molar-refractivity contribution in [1.82, 2.24) is 5.43 Å². The summed E-state index contributed by atoms with van der Waals surface area (Å²) in [5.74, 6) is 0.539. The minimum absolute atomic E-state index is 0.0808.